The van der Waals surface area contributed by atoms with Crippen LogP contribution in [-0.2, 0) is 6.42 Å². The molecule has 0 radical (unpaired) electrons. The Kier molecular flexibility index (Phi) is 3.38. The minimum absolute atomic E-state index is 0.954. The summed E-state index contributed by atoms with van der Waals surface area (Å²) in [5.74, 6) is 0. The Morgan fingerprint density at radius 1 is 0.938 bits per heavy atom. The van der Waals surface area contributed by atoms with Gasteiger partial charge in [-0.1, -0.05) is 61.2 Å². The normalized spacial score (nSPS) is 9.50. The fourth-order valence-electron chi connectivity index (χ4n) is 1.76. The Bertz CT molecular complexity index is 503. The standard InChI is InChI=1S/C16H14/c1-2-8-15-11-6-7-12-16(15)13-14-9-4-3-5-10-14/h3-12H,1,13H2. The van der Waals surface area contributed by atoms with Crippen LogP contribution in [0.25, 0.3) is 6.08 Å². The molecule has 0 atom stereocenters. The zero-order chi connectivity index (χ0) is 11.2. The fourth-order valence-corrected chi connectivity index (χ4v) is 1.76. The molecule has 0 amide bonds. The first-order valence-electron chi connectivity index (χ1n) is 5.38. The number of hydrogen-bond donors (Lipinski definition) is 0. The molecule has 0 aromatic heterocycles. The topological polar surface area (TPSA) is 0 Å². The largest absolute Gasteiger partial charge is 0.128 e. The molecule has 0 aliphatic carbocycles. The zero-order valence-corrected chi connectivity index (χ0v) is 9.19. The molecule has 0 N–H and O–H groups in total. The van der Waals surface area contributed by atoms with E-state index in [1.807, 2.05) is 18.2 Å². The van der Waals surface area contributed by atoms with E-state index in [9.17, 15) is 0 Å². The van der Waals surface area contributed by atoms with Crippen LogP contribution in [0, 0.1) is 0 Å². The molecular weight excluding hydrogens is 192 g/mol. The molecule has 0 aliphatic rings. The second-order valence-corrected chi connectivity index (χ2v) is 3.71. The number of hydrogen-bond acceptors (Lipinski definition) is 0. The average Bonchev–Trinajstić information content (AvgIpc) is 2.33. The van der Waals surface area contributed by atoms with Crippen LogP contribution in [0.1, 0.15) is 16.7 Å². The second-order valence-electron chi connectivity index (χ2n) is 3.71. The van der Waals surface area contributed by atoms with Crippen molar-refractivity contribution in [3.05, 3.63) is 83.6 Å². The van der Waals surface area contributed by atoms with Gasteiger partial charge in [-0.25, -0.2) is 0 Å². The van der Waals surface area contributed by atoms with Crippen molar-refractivity contribution in [2.45, 2.75) is 6.42 Å². The summed E-state index contributed by atoms with van der Waals surface area (Å²) in [4.78, 5) is 0. The summed E-state index contributed by atoms with van der Waals surface area (Å²) in [7, 11) is 0. The molecule has 0 saturated heterocycles. The fraction of sp³-hybridized carbons (Fsp3) is 0.0625. The van der Waals surface area contributed by atoms with Crippen LogP contribution in [0.2, 0.25) is 0 Å². The first-order valence-corrected chi connectivity index (χ1v) is 5.38. The molecule has 0 unspecified atom stereocenters. The summed E-state index contributed by atoms with van der Waals surface area (Å²) < 4.78 is 0. The van der Waals surface area contributed by atoms with Crippen molar-refractivity contribution < 1.29 is 0 Å². The highest BCUT2D eigenvalue weighted by Crippen LogP contribution is 2.15. The van der Waals surface area contributed by atoms with Gasteiger partial charge in [0, 0.05) is 0 Å². The molecular formula is C16H14. The van der Waals surface area contributed by atoms with Crippen LogP contribution in [0.15, 0.2) is 66.9 Å². The molecule has 16 heavy (non-hydrogen) atoms. The minimum atomic E-state index is 0.954. The summed E-state index contributed by atoms with van der Waals surface area (Å²) in [5, 5.41) is 0. The van der Waals surface area contributed by atoms with E-state index < -0.39 is 0 Å². The van der Waals surface area contributed by atoms with Crippen molar-refractivity contribution in [3.63, 3.8) is 0 Å². The first-order chi connectivity index (χ1) is 7.90. The highest BCUT2D eigenvalue weighted by atomic mass is 14.0. The minimum Gasteiger partial charge on any atom is -0.128 e. The van der Waals surface area contributed by atoms with E-state index in [4.69, 9.17) is 0 Å². The van der Waals surface area contributed by atoms with Gasteiger partial charge in [-0.15, -0.1) is 5.73 Å². The molecule has 2 rings (SSSR count). The molecule has 0 bridgehead atoms. The van der Waals surface area contributed by atoms with E-state index in [2.05, 4.69) is 54.8 Å². The zero-order valence-electron chi connectivity index (χ0n) is 9.19. The van der Waals surface area contributed by atoms with Gasteiger partial charge in [-0.3, -0.25) is 0 Å². The van der Waals surface area contributed by atoms with Gasteiger partial charge in [0.1, 0.15) is 0 Å². The smallest absolute Gasteiger partial charge is 0.00196 e. The lowest BCUT2D eigenvalue weighted by atomic mass is 10.00. The Morgan fingerprint density at radius 3 is 2.38 bits per heavy atom. The Morgan fingerprint density at radius 2 is 1.62 bits per heavy atom. The summed E-state index contributed by atoms with van der Waals surface area (Å²) in [6, 6.07) is 18.8. The van der Waals surface area contributed by atoms with Gasteiger partial charge in [0.15, 0.2) is 0 Å². The van der Waals surface area contributed by atoms with Crippen molar-refractivity contribution in [1.82, 2.24) is 0 Å². The van der Waals surface area contributed by atoms with Gasteiger partial charge in [-0.05, 0) is 29.2 Å². The summed E-state index contributed by atoms with van der Waals surface area (Å²) in [5.41, 5.74) is 6.67. The van der Waals surface area contributed by atoms with Gasteiger partial charge >= 0.3 is 0 Å². The third-order valence-corrected chi connectivity index (χ3v) is 2.55. The highest BCUT2D eigenvalue weighted by molar-refractivity contribution is 5.53. The lowest BCUT2D eigenvalue weighted by Crippen LogP contribution is -1.90. The van der Waals surface area contributed by atoms with Crippen LogP contribution in [0.3, 0.4) is 0 Å². The molecule has 78 valence electrons. The molecule has 0 heterocycles. The van der Waals surface area contributed by atoms with E-state index in [1.165, 1.54) is 16.7 Å². The lowest BCUT2D eigenvalue weighted by Gasteiger charge is -2.05. The van der Waals surface area contributed by atoms with Crippen molar-refractivity contribution in [3.8, 4) is 0 Å². The second kappa shape index (κ2) is 5.16. The molecule has 2 aromatic rings. The molecule has 0 heteroatoms. The lowest BCUT2D eigenvalue weighted by molar-refractivity contribution is 1.19. The van der Waals surface area contributed by atoms with Crippen LogP contribution < -0.4 is 0 Å². The number of benzene rings is 2. The number of rotatable bonds is 3. The molecule has 0 fully saturated rings. The van der Waals surface area contributed by atoms with E-state index in [0.29, 0.717) is 0 Å². The molecule has 0 saturated carbocycles. The quantitative estimate of drug-likeness (QED) is 0.664. The SMILES string of the molecule is C=C=Cc1ccccc1Cc1ccccc1. The van der Waals surface area contributed by atoms with Crippen LogP contribution >= 0.6 is 0 Å². The Hall–Kier alpha value is -2.04. The molecule has 2 aromatic carbocycles. The van der Waals surface area contributed by atoms with E-state index in [0.717, 1.165) is 6.42 Å². The van der Waals surface area contributed by atoms with Gasteiger partial charge in [-0.2, -0.15) is 0 Å². The maximum atomic E-state index is 3.62. The van der Waals surface area contributed by atoms with E-state index >= 15 is 0 Å². The maximum absolute atomic E-state index is 3.62. The third kappa shape index (κ3) is 2.50. The Labute approximate surface area is 96.6 Å². The predicted octanol–water partition coefficient (Wildman–Crippen LogP) is 4.08. The monoisotopic (exact) mass is 206 g/mol. The molecule has 0 nitrogen and oxygen atoms in total. The predicted molar refractivity (Wildman–Crippen MR) is 69.3 cm³/mol. The maximum Gasteiger partial charge on any atom is -0.00196 e. The summed E-state index contributed by atoms with van der Waals surface area (Å²) in [6.45, 7) is 3.62. The van der Waals surface area contributed by atoms with Crippen molar-refractivity contribution in [1.29, 1.82) is 0 Å². The average molecular weight is 206 g/mol. The summed E-state index contributed by atoms with van der Waals surface area (Å²) >= 11 is 0. The van der Waals surface area contributed by atoms with Crippen LogP contribution in [-0.4, -0.2) is 0 Å². The Balaban J connectivity index is 2.31. The van der Waals surface area contributed by atoms with E-state index in [1.54, 1.807) is 0 Å². The highest BCUT2D eigenvalue weighted by Gasteiger charge is 1.99. The van der Waals surface area contributed by atoms with Crippen molar-refractivity contribution >= 4 is 6.08 Å². The van der Waals surface area contributed by atoms with Crippen LogP contribution in [0.4, 0.5) is 0 Å². The third-order valence-electron chi connectivity index (χ3n) is 2.55. The van der Waals surface area contributed by atoms with Gasteiger partial charge in [0.25, 0.3) is 0 Å². The van der Waals surface area contributed by atoms with Gasteiger partial charge < -0.3 is 0 Å². The first kappa shape index (κ1) is 10.5. The van der Waals surface area contributed by atoms with E-state index in [-0.39, 0.29) is 0 Å². The van der Waals surface area contributed by atoms with Crippen molar-refractivity contribution in [2.75, 3.05) is 0 Å². The van der Waals surface area contributed by atoms with Gasteiger partial charge in [0.05, 0.1) is 0 Å². The van der Waals surface area contributed by atoms with Gasteiger partial charge in [0.2, 0.25) is 0 Å². The van der Waals surface area contributed by atoms with Crippen molar-refractivity contribution in [2.24, 2.45) is 0 Å². The van der Waals surface area contributed by atoms with Crippen LogP contribution in [0.5, 0.6) is 0 Å². The molecule has 0 aliphatic heterocycles. The summed E-state index contributed by atoms with van der Waals surface area (Å²) in [6.07, 6.45) is 2.88. The molecule has 0 spiro atoms.